The number of rotatable bonds is 3. The van der Waals surface area contributed by atoms with E-state index >= 15 is 0 Å². The Morgan fingerprint density at radius 3 is 2.56 bits per heavy atom. The molecule has 1 atom stereocenters. The molecule has 0 aliphatic rings. The van der Waals surface area contributed by atoms with Crippen molar-refractivity contribution < 1.29 is 4.79 Å². The van der Waals surface area contributed by atoms with Crippen LogP contribution in [0, 0.1) is 10.7 Å². The average molecular weight is 262 g/mol. The summed E-state index contributed by atoms with van der Waals surface area (Å²) in [5.41, 5.74) is 1.27. The molecule has 0 fully saturated rings. The van der Waals surface area contributed by atoms with Gasteiger partial charge in [0, 0.05) is 16.4 Å². The lowest BCUT2D eigenvalue weighted by atomic mass is 10.0. The van der Waals surface area contributed by atoms with Crippen LogP contribution in [0.2, 0.25) is 0 Å². The van der Waals surface area contributed by atoms with Crippen LogP contribution >= 0.6 is 11.8 Å². The van der Waals surface area contributed by atoms with Crippen LogP contribution in [0.25, 0.3) is 0 Å². The van der Waals surface area contributed by atoms with E-state index in [1.165, 1.54) is 0 Å². The number of benzene rings is 1. The number of nitrogens with one attached hydrogen (secondary N) is 1. The molecule has 0 heterocycles. The Labute approximate surface area is 113 Å². The molecule has 4 heteroatoms. The largest absolute Gasteiger partial charge is 0.347 e. The Hall–Kier alpha value is -1.47. The van der Waals surface area contributed by atoms with E-state index in [0.717, 1.165) is 17.3 Å². The summed E-state index contributed by atoms with van der Waals surface area (Å²) in [7, 11) is 0. The summed E-state index contributed by atoms with van der Waals surface area (Å²) in [6, 6.07) is 7.42. The maximum absolute atomic E-state index is 12.2. The number of carbonyl (C=O) groups is 1. The number of amides is 1. The third-order valence-electron chi connectivity index (χ3n) is 2.36. The Balaban J connectivity index is 3.02. The molecule has 0 bridgehead atoms. The molecule has 1 unspecified atom stereocenters. The van der Waals surface area contributed by atoms with Gasteiger partial charge in [-0.1, -0.05) is 18.2 Å². The van der Waals surface area contributed by atoms with E-state index in [1.54, 1.807) is 6.07 Å². The molecule has 18 heavy (non-hydrogen) atoms. The second-order valence-electron chi connectivity index (χ2n) is 5.14. The molecule has 0 spiro atoms. The predicted octanol–water partition coefficient (Wildman–Crippen LogP) is 3.49. The highest BCUT2D eigenvalue weighted by atomic mass is 32.2. The second kappa shape index (κ2) is 5.92. The molecular weight excluding hydrogens is 244 g/mol. The molecule has 0 aromatic heterocycles. The van der Waals surface area contributed by atoms with Crippen LogP contribution in [0.4, 0.5) is 0 Å². The van der Waals surface area contributed by atoms with Crippen molar-refractivity contribution in [1.82, 2.24) is 5.32 Å². The van der Waals surface area contributed by atoms with Gasteiger partial charge in [0.1, 0.15) is 5.40 Å². The molecule has 0 radical (unpaired) electrons. The van der Waals surface area contributed by atoms with Crippen molar-refractivity contribution in [3.8, 4) is 5.40 Å². The van der Waals surface area contributed by atoms with Gasteiger partial charge >= 0.3 is 0 Å². The molecule has 1 N–H and O–H groups in total. The molecule has 1 aromatic rings. The molecule has 0 saturated carbocycles. The summed E-state index contributed by atoms with van der Waals surface area (Å²) in [5, 5.41) is 13.7. The predicted molar refractivity (Wildman–Crippen MR) is 75.3 cm³/mol. The van der Waals surface area contributed by atoms with E-state index in [9.17, 15) is 4.79 Å². The molecule has 1 amide bonds. The van der Waals surface area contributed by atoms with Gasteiger partial charge in [-0.25, -0.2) is 0 Å². The van der Waals surface area contributed by atoms with Crippen LogP contribution in [0.15, 0.2) is 24.3 Å². The summed E-state index contributed by atoms with van der Waals surface area (Å²) >= 11 is 1.16. The zero-order chi connectivity index (χ0) is 13.8. The van der Waals surface area contributed by atoms with E-state index in [2.05, 4.69) is 10.7 Å². The second-order valence-corrected chi connectivity index (χ2v) is 6.27. The Bertz CT molecular complexity index is 471. The summed E-state index contributed by atoms with van der Waals surface area (Å²) in [4.78, 5) is 12.2. The first kappa shape index (κ1) is 14.6. The highest BCUT2D eigenvalue weighted by Gasteiger charge is 2.20. The number of thioether (sulfide) groups is 1. The fourth-order valence-electron chi connectivity index (χ4n) is 1.61. The van der Waals surface area contributed by atoms with E-state index in [1.807, 2.05) is 45.9 Å². The SMILES string of the molecule is CC(SC#N)c1ccccc1C(=O)NC(C)(C)C. The number of thiocyanates is 1. The molecule has 3 nitrogen and oxygen atoms in total. The van der Waals surface area contributed by atoms with Crippen molar-refractivity contribution in [2.75, 3.05) is 0 Å². The lowest BCUT2D eigenvalue weighted by Crippen LogP contribution is -2.41. The van der Waals surface area contributed by atoms with Crippen LogP contribution in [-0.2, 0) is 0 Å². The van der Waals surface area contributed by atoms with Gasteiger partial charge in [0.05, 0.1) is 0 Å². The number of hydrogen-bond acceptors (Lipinski definition) is 3. The van der Waals surface area contributed by atoms with Gasteiger partial charge < -0.3 is 5.32 Å². The standard InChI is InChI=1S/C14H18N2OS/c1-10(18-9-15)11-7-5-6-8-12(11)13(17)16-14(2,3)4/h5-8,10H,1-4H3,(H,16,17). The van der Waals surface area contributed by atoms with Crippen LogP contribution in [0.3, 0.4) is 0 Å². The molecule has 0 aliphatic heterocycles. The minimum Gasteiger partial charge on any atom is -0.347 e. The van der Waals surface area contributed by atoms with Crippen molar-refractivity contribution in [3.63, 3.8) is 0 Å². The van der Waals surface area contributed by atoms with Crippen molar-refractivity contribution in [3.05, 3.63) is 35.4 Å². The normalized spacial score (nSPS) is 12.6. The van der Waals surface area contributed by atoms with Gasteiger partial charge in [-0.15, -0.1) is 0 Å². The van der Waals surface area contributed by atoms with Crippen molar-refractivity contribution in [2.24, 2.45) is 0 Å². The maximum Gasteiger partial charge on any atom is 0.252 e. The minimum absolute atomic E-state index is 0.0167. The quantitative estimate of drug-likeness (QED) is 0.848. The van der Waals surface area contributed by atoms with Gasteiger partial charge in [0.2, 0.25) is 0 Å². The fourth-order valence-corrected chi connectivity index (χ4v) is 2.10. The number of nitrogens with zero attached hydrogens (tertiary/aromatic N) is 1. The third kappa shape index (κ3) is 4.08. The Morgan fingerprint density at radius 1 is 1.39 bits per heavy atom. The monoisotopic (exact) mass is 262 g/mol. The van der Waals surface area contributed by atoms with Crippen molar-refractivity contribution in [2.45, 2.75) is 38.5 Å². The Kier molecular flexibility index (Phi) is 4.80. The average Bonchev–Trinajstić information content (AvgIpc) is 2.27. The maximum atomic E-state index is 12.2. The van der Waals surface area contributed by atoms with Crippen LogP contribution in [0.1, 0.15) is 48.9 Å². The highest BCUT2D eigenvalue weighted by molar-refractivity contribution is 8.03. The van der Waals surface area contributed by atoms with Gasteiger partial charge in [0.25, 0.3) is 5.91 Å². The molecule has 0 aliphatic carbocycles. The zero-order valence-electron chi connectivity index (χ0n) is 11.2. The van der Waals surface area contributed by atoms with Gasteiger partial charge in [0.15, 0.2) is 0 Å². The topological polar surface area (TPSA) is 52.9 Å². The van der Waals surface area contributed by atoms with Gasteiger partial charge in [-0.3, -0.25) is 4.79 Å². The number of nitriles is 1. The summed E-state index contributed by atoms with van der Waals surface area (Å²) in [6.45, 7) is 7.76. The molecule has 0 saturated heterocycles. The van der Waals surface area contributed by atoms with Crippen LogP contribution < -0.4 is 5.32 Å². The van der Waals surface area contributed by atoms with Crippen molar-refractivity contribution >= 4 is 17.7 Å². The lowest BCUT2D eigenvalue weighted by Gasteiger charge is -2.22. The highest BCUT2D eigenvalue weighted by Crippen LogP contribution is 2.29. The van der Waals surface area contributed by atoms with E-state index in [0.29, 0.717) is 5.56 Å². The first-order chi connectivity index (χ1) is 8.35. The van der Waals surface area contributed by atoms with Gasteiger partial charge in [-0.05, 0) is 51.1 Å². The van der Waals surface area contributed by atoms with E-state index < -0.39 is 0 Å². The summed E-state index contributed by atoms with van der Waals surface area (Å²) in [5.74, 6) is -0.0940. The molecule has 96 valence electrons. The fraction of sp³-hybridized carbons (Fsp3) is 0.429. The smallest absolute Gasteiger partial charge is 0.252 e. The van der Waals surface area contributed by atoms with E-state index in [4.69, 9.17) is 5.26 Å². The first-order valence-electron chi connectivity index (χ1n) is 5.81. The van der Waals surface area contributed by atoms with Crippen molar-refractivity contribution in [1.29, 1.82) is 5.26 Å². The lowest BCUT2D eigenvalue weighted by molar-refractivity contribution is 0.0918. The molecule has 1 aromatic carbocycles. The molecular formula is C14H18N2OS. The minimum atomic E-state index is -0.268. The Morgan fingerprint density at radius 2 is 2.00 bits per heavy atom. The van der Waals surface area contributed by atoms with Crippen LogP contribution in [0.5, 0.6) is 0 Å². The zero-order valence-corrected chi connectivity index (χ0v) is 12.0. The number of carbonyl (C=O) groups excluding carboxylic acids is 1. The third-order valence-corrected chi connectivity index (χ3v) is 3.07. The summed E-state index contributed by atoms with van der Waals surface area (Å²) < 4.78 is 0. The molecule has 1 rings (SSSR count). The summed E-state index contributed by atoms with van der Waals surface area (Å²) in [6.07, 6.45) is 0. The van der Waals surface area contributed by atoms with Gasteiger partial charge in [-0.2, -0.15) is 5.26 Å². The number of hydrogen-bond donors (Lipinski definition) is 1. The first-order valence-corrected chi connectivity index (χ1v) is 6.69. The van der Waals surface area contributed by atoms with Crippen LogP contribution in [-0.4, -0.2) is 11.4 Å². The van der Waals surface area contributed by atoms with E-state index in [-0.39, 0.29) is 16.7 Å².